The molecule has 0 saturated heterocycles. The number of carbonyl (C=O) groups excluding carboxylic acids is 2. The third kappa shape index (κ3) is 6.43. The highest BCUT2D eigenvalue weighted by Gasteiger charge is 2.27. The average Bonchev–Trinajstić information content (AvgIpc) is 2.69. The van der Waals surface area contributed by atoms with Gasteiger partial charge in [0, 0.05) is 19.3 Å². The Bertz CT molecular complexity index is 732. The highest BCUT2D eigenvalue weighted by molar-refractivity contribution is 7.99. The van der Waals surface area contributed by atoms with Gasteiger partial charge in [-0.1, -0.05) is 67.1 Å². The first-order valence-corrected chi connectivity index (χ1v) is 10.4. The van der Waals surface area contributed by atoms with Crippen LogP contribution in [-0.4, -0.2) is 35.6 Å². The molecule has 0 aromatic heterocycles. The van der Waals surface area contributed by atoms with E-state index in [4.69, 9.17) is 0 Å². The van der Waals surface area contributed by atoms with Gasteiger partial charge >= 0.3 is 0 Å². The summed E-state index contributed by atoms with van der Waals surface area (Å²) < 4.78 is 0. The second-order valence-electron chi connectivity index (χ2n) is 6.52. The van der Waals surface area contributed by atoms with E-state index in [0.717, 1.165) is 11.3 Å². The second kappa shape index (κ2) is 10.8. The van der Waals surface area contributed by atoms with Crippen molar-refractivity contribution < 1.29 is 9.59 Å². The van der Waals surface area contributed by atoms with Gasteiger partial charge in [-0.25, -0.2) is 0 Å². The molecule has 0 saturated carbocycles. The van der Waals surface area contributed by atoms with Crippen LogP contribution in [0, 0.1) is 6.92 Å². The minimum absolute atomic E-state index is 0.00745. The summed E-state index contributed by atoms with van der Waals surface area (Å²) in [5, 5.41) is 2.69. The molecule has 2 aromatic rings. The first-order valence-electron chi connectivity index (χ1n) is 9.23. The molecule has 4 nitrogen and oxygen atoms in total. The van der Waals surface area contributed by atoms with Gasteiger partial charge in [-0.2, -0.15) is 0 Å². The molecular weight excluding hydrogens is 356 g/mol. The summed E-state index contributed by atoms with van der Waals surface area (Å²) in [6, 6.07) is 17.7. The summed E-state index contributed by atoms with van der Waals surface area (Å²) in [5.74, 6) is 1.01. The number of likely N-dealkylation sites (N-methyl/N-ethyl adjacent to an activating group) is 1. The van der Waals surface area contributed by atoms with E-state index in [0.29, 0.717) is 18.7 Å². The van der Waals surface area contributed by atoms with Gasteiger partial charge in [0.25, 0.3) is 0 Å². The molecule has 2 rings (SSSR count). The summed E-state index contributed by atoms with van der Waals surface area (Å²) in [7, 11) is 1.61. The largest absolute Gasteiger partial charge is 0.357 e. The molecule has 1 atom stereocenters. The zero-order valence-corrected chi connectivity index (χ0v) is 17.1. The Morgan fingerprint density at radius 1 is 1.04 bits per heavy atom. The van der Waals surface area contributed by atoms with Crippen molar-refractivity contribution in [3.63, 3.8) is 0 Å². The van der Waals surface area contributed by atoms with Gasteiger partial charge in [-0.15, -0.1) is 11.8 Å². The van der Waals surface area contributed by atoms with Crippen LogP contribution in [0.15, 0.2) is 54.6 Å². The number of rotatable bonds is 9. The van der Waals surface area contributed by atoms with Crippen molar-refractivity contribution in [1.29, 1.82) is 0 Å². The summed E-state index contributed by atoms with van der Waals surface area (Å²) in [5.41, 5.74) is 3.40. The summed E-state index contributed by atoms with van der Waals surface area (Å²) >= 11 is 1.58. The zero-order valence-electron chi connectivity index (χ0n) is 16.3. The lowest BCUT2D eigenvalue weighted by molar-refractivity contribution is -0.139. The quantitative estimate of drug-likeness (QED) is 0.716. The Morgan fingerprint density at radius 3 is 2.30 bits per heavy atom. The maximum Gasteiger partial charge on any atom is 0.242 e. The number of benzene rings is 2. The average molecular weight is 385 g/mol. The van der Waals surface area contributed by atoms with E-state index < -0.39 is 6.04 Å². The molecule has 0 unspecified atom stereocenters. The van der Waals surface area contributed by atoms with Crippen LogP contribution in [0.25, 0.3) is 0 Å². The number of hydrogen-bond acceptors (Lipinski definition) is 3. The summed E-state index contributed by atoms with van der Waals surface area (Å²) in [4.78, 5) is 27.0. The Morgan fingerprint density at radius 2 is 1.70 bits per heavy atom. The highest BCUT2D eigenvalue weighted by Crippen LogP contribution is 2.17. The molecule has 2 aromatic carbocycles. The lowest BCUT2D eigenvalue weighted by Gasteiger charge is -2.30. The van der Waals surface area contributed by atoms with Crippen LogP contribution in [-0.2, 0) is 21.9 Å². The van der Waals surface area contributed by atoms with Gasteiger partial charge in [-0.3, -0.25) is 9.59 Å². The van der Waals surface area contributed by atoms with Crippen molar-refractivity contribution in [3.05, 3.63) is 71.3 Å². The van der Waals surface area contributed by atoms with Crippen LogP contribution in [0.3, 0.4) is 0 Å². The second-order valence-corrected chi connectivity index (χ2v) is 7.51. The number of hydrogen-bond donors (Lipinski definition) is 1. The van der Waals surface area contributed by atoms with Gasteiger partial charge < -0.3 is 10.2 Å². The molecule has 0 fully saturated rings. The number of carbonyl (C=O) groups is 2. The van der Waals surface area contributed by atoms with E-state index in [1.54, 1.807) is 23.7 Å². The standard InChI is InChI=1S/C22H28N2O2S/c1-4-20(22(26)23-3)24(14-18-12-10-17(2)11-13-18)21(25)16-27-15-19-8-6-5-7-9-19/h5-13,20H,4,14-16H2,1-3H3,(H,23,26)/t20-/m1/s1. The van der Waals surface area contributed by atoms with Crippen molar-refractivity contribution in [3.8, 4) is 0 Å². The first-order chi connectivity index (χ1) is 13.0. The van der Waals surface area contributed by atoms with Crippen molar-refractivity contribution in [2.75, 3.05) is 12.8 Å². The summed E-state index contributed by atoms with van der Waals surface area (Å²) in [6.07, 6.45) is 0.584. The topological polar surface area (TPSA) is 49.4 Å². The molecular formula is C22H28N2O2S. The maximum absolute atomic E-state index is 13.0. The van der Waals surface area contributed by atoms with Crippen LogP contribution in [0.5, 0.6) is 0 Å². The monoisotopic (exact) mass is 384 g/mol. The van der Waals surface area contributed by atoms with E-state index in [2.05, 4.69) is 17.4 Å². The van der Waals surface area contributed by atoms with Crippen LogP contribution in [0.4, 0.5) is 0 Å². The SMILES string of the molecule is CC[C@H](C(=O)NC)N(Cc1ccc(C)cc1)C(=O)CSCc1ccccc1. The lowest BCUT2D eigenvalue weighted by Crippen LogP contribution is -2.48. The molecule has 144 valence electrons. The molecule has 0 heterocycles. The normalized spacial score (nSPS) is 11.7. The predicted molar refractivity (Wildman–Crippen MR) is 112 cm³/mol. The van der Waals surface area contributed by atoms with Gasteiger partial charge in [0.15, 0.2) is 0 Å². The van der Waals surface area contributed by atoms with E-state index in [-0.39, 0.29) is 11.8 Å². The van der Waals surface area contributed by atoms with Crippen LogP contribution >= 0.6 is 11.8 Å². The fraction of sp³-hybridized carbons (Fsp3) is 0.364. The van der Waals surface area contributed by atoms with E-state index in [1.165, 1.54) is 11.1 Å². The maximum atomic E-state index is 13.0. The van der Waals surface area contributed by atoms with Crippen LogP contribution in [0.1, 0.15) is 30.0 Å². The summed E-state index contributed by atoms with van der Waals surface area (Å²) in [6.45, 7) is 4.41. The molecule has 2 amide bonds. The molecule has 0 aliphatic heterocycles. The Balaban J connectivity index is 2.08. The van der Waals surface area contributed by atoms with Gasteiger partial charge in [-0.05, 0) is 24.5 Å². The van der Waals surface area contributed by atoms with Gasteiger partial charge in [0.1, 0.15) is 6.04 Å². The number of amides is 2. The van der Waals surface area contributed by atoms with Crippen LogP contribution in [0.2, 0.25) is 0 Å². The number of nitrogens with zero attached hydrogens (tertiary/aromatic N) is 1. The van der Waals surface area contributed by atoms with Crippen molar-refractivity contribution in [1.82, 2.24) is 10.2 Å². The van der Waals surface area contributed by atoms with Gasteiger partial charge in [0.05, 0.1) is 5.75 Å². The van der Waals surface area contributed by atoms with Crippen LogP contribution < -0.4 is 5.32 Å². The molecule has 1 N–H and O–H groups in total. The minimum atomic E-state index is -0.457. The Kier molecular flexibility index (Phi) is 8.40. The molecule has 0 aliphatic rings. The highest BCUT2D eigenvalue weighted by atomic mass is 32.2. The van der Waals surface area contributed by atoms with Crippen molar-refractivity contribution in [2.24, 2.45) is 0 Å². The smallest absolute Gasteiger partial charge is 0.242 e. The Labute approximate surface area is 166 Å². The fourth-order valence-corrected chi connectivity index (χ4v) is 3.76. The lowest BCUT2D eigenvalue weighted by atomic mass is 10.1. The Hall–Kier alpha value is -2.27. The van der Waals surface area contributed by atoms with E-state index >= 15 is 0 Å². The number of thioether (sulfide) groups is 1. The molecule has 27 heavy (non-hydrogen) atoms. The molecule has 0 bridgehead atoms. The first kappa shape index (κ1) is 21.0. The van der Waals surface area contributed by atoms with E-state index in [1.807, 2.05) is 56.3 Å². The molecule has 0 radical (unpaired) electrons. The van der Waals surface area contributed by atoms with Crippen molar-refractivity contribution >= 4 is 23.6 Å². The zero-order chi connectivity index (χ0) is 19.6. The van der Waals surface area contributed by atoms with Gasteiger partial charge in [0.2, 0.25) is 11.8 Å². The molecule has 5 heteroatoms. The van der Waals surface area contributed by atoms with E-state index in [9.17, 15) is 9.59 Å². The number of nitrogens with one attached hydrogen (secondary N) is 1. The molecule has 0 aliphatic carbocycles. The molecule has 0 spiro atoms. The van der Waals surface area contributed by atoms with Crippen molar-refractivity contribution in [2.45, 2.75) is 38.6 Å². The third-order valence-electron chi connectivity index (χ3n) is 4.44. The number of aryl methyl sites for hydroxylation is 1. The minimum Gasteiger partial charge on any atom is -0.357 e. The fourth-order valence-electron chi connectivity index (χ4n) is 2.89. The third-order valence-corrected chi connectivity index (χ3v) is 5.43. The predicted octanol–water partition coefficient (Wildman–Crippen LogP) is 3.78.